The van der Waals surface area contributed by atoms with Crippen molar-refractivity contribution < 1.29 is 4.74 Å². The van der Waals surface area contributed by atoms with E-state index in [2.05, 4.69) is 16.0 Å². The van der Waals surface area contributed by atoms with E-state index >= 15 is 0 Å². The Morgan fingerprint density at radius 3 is 3.19 bits per heavy atom. The predicted octanol–water partition coefficient (Wildman–Crippen LogP) is 0.284. The zero-order chi connectivity index (χ0) is 11.2. The van der Waals surface area contributed by atoms with Crippen molar-refractivity contribution in [2.75, 3.05) is 32.8 Å². The van der Waals surface area contributed by atoms with Gasteiger partial charge in [0.1, 0.15) is 0 Å². The molecule has 0 bridgehead atoms. The zero-order valence-electron chi connectivity index (χ0n) is 9.51. The first kappa shape index (κ1) is 11.5. The van der Waals surface area contributed by atoms with E-state index in [0.29, 0.717) is 12.6 Å². The van der Waals surface area contributed by atoms with Gasteiger partial charge in [0, 0.05) is 44.0 Å². The van der Waals surface area contributed by atoms with E-state index in [0.717, 1.165) is 38.4 Å². The van der Waals surface area contributed by atoms with Crippen LogP contribution < -0.4 is 5.73 Å². The Morgan fingerprint density at radius 1 is 1.50 bits per heavy atom. The van der Waals surface area contributed by atoms with Gasteiger partial charge in [0.15, 0.2) is 0 Å². The third kappa shape index (κ3) is 3.01. The largest absolute Gasteiger partial charge is 0.378 e. The molecule has 1 atom stereocenters. The van der Waals surface area contributed by atoms with Crippen molar-refractivity contribution in [2.45, 2.75) is 12.5 Å². The van der Waals surface area contributed by atoms with E-state index in [1.165, 1.54) is 0 Å². The number of hydrogen-bond donors (Lipinski definition) is 1. The number of nitrogens with zero attached hydrogens (tertiary/aromatic N) is 2. The number of rotatable bonds is 4. The molecule has 1 aliphatic rings. The van der Waals surface area contributed by atoms with Crippen LogP contribution in [0.1, 0.15) is 5.69 Å². The van der Waals surface area contributed by atoms with Gasteiger partial charge in [-0.15, -0.1) is 0 Å². The molecular formula is C12H19N3O. The minimum absolute atomic E-state index is 0.373. The van der Waals surface area contributed by atoms with Gasteiger partial charge in [-0.25, -0.2) is 0 Å². The lowest BCUT2D eigenvalue weighted by molar-refractivity contribution is -0.00329. The smallest absolute Gasteiger partial charge is 0.0634 e. The summed E-state index contributed by atoms with van der Waals surface area (Å²) in [5, 5.41) is 0. The highest BCUT2D eigenvalue weighted by Crippen LogP contribution is 2.07. The van der Waals surface area contributed by atoms with Crippen LogP contribution in [0.5, 0.6) is 0 Å². The molecule has 2 rings (SSSR count). The Labute approximate surface area is 96.4 Å². The zero-order valence-corrected chi connectivity index (χ0v) is 9.51. The first-order valence-electron chi connectivity index (χ1n) is 5.82. The molecule has 0 amide bonds. The summed E-state index contributed by atoms with van der Waals surface area (Å²) in [4.78, 5) is 6.73. The standard InChI is InChI=1S/C12H19N3O/c13-9-12-10-16-8-7-15(12)6-4-11-3-1-2-5-14-11/h1-3,5,12H,4,6-10,13H2. The van der Waals surface area contributed by atoms with Gasteiger partial charge in [-0.05, 0) is 12.1 Å². The van der Waals surface area contributed by atoms with Gasteiger partial charge in [-0.3, -0.25) is 9.88 Å². The van der Waals surface area contributed by atoms with Crippen LogP contribution in [0.3, 0.4) is 0 Å². The Bertz CT molecular complexity index is 304. The molecule has 1 aromatic heterocycles. The number of pyridine rings is 1. The maximum Gasteiger partial charge on any atom is 0.0634 e. The summed E-state index contributed by atoms with van der Waals surface area (Å²) in [6.45, 7) is 4.25. The van der Waals surface area contributed by atoms with E-state index in [9.17, 15) is 0 Å². The SMILES string of the molecule is NCC1COCCN1CCc1ccccn1. The number of nitrogens with two attached hydrogens (primary N) is 1. The maximum atomic E-state index is 5.73. The summed E-state index contributed by atoms with van der Waals surface area (Å²) in [7, 11) is 0. The fourth-order valence-corrected chi connectivity index (χ4v) is 2.00. The van der Waals surface area contributed by atoms with E-state index in [1.54, 1.807) is 0 Å². The topological polar surface area (TPSA) is 51.4 Å². The molecule has 1 unspecified atom stereocenters. The van der Waals surface area contributed by atoms with E-state index < -0.39 is 0 Å². The first-order valence-corrected chi connectivity index (χ1v) is 5.82. The fraction of sp³-hybridized carbons (Fsp3) is 0.583. The molecule has 16 heavy (non-hydrogen) atoms. The van der Waals surface area contributed by atoms with Gasteiger partial charge < -0.3 is 10.5 Å². The Hall–Kier alpha value is -0.970. The van der Waals surface area contributed by atoms with Crippen LogP contribution in [0, 0.1) is 0 Å². The molecule has 1 fully saturated rings. The summed E-state index contributed by atoms with van der Waals surface area (Å²) < 4.78 is 5.42. The van der Waals surface area contributed by atoms with Crippen LogP contribution >= 0.6 is 0 Å². The highest BCUT2D eigenvalue weighted by Gasteiger charge is 2.20. The fourth-order valence-electron chi connectivity index (χ4n) is 2.00. The Kier molecular flexibility index (Phi) is 4.27. The second kappa shape index (κ2) is 5.94. The van der Waals surface area contributed by atoms with Gasteiger partial charge in [-0.2, -0.15) is 0 Å². The first-order chi connectivity index (χ1) is 7.90. The number of aromatic nitrogens is 1. The Balaban J connectivity index is 1.84. The predicted molar refractivity (Wildman–Crippen MR) is 63.2 cm³/mol. The second-order valence-corrected chi connectivity index (χ2v) is 4.07. The second-order valence-electron chi connectivity index (χ2n) is 4.07. The molecule has 2 heterocycles. The highest BCUT2D eigenvalue weighted by atomic mass is 16.5. The van der Waals surface area contributed by atoms with Crippen molar-refractivity contribution in [1.29, 1.82) is 0 Å². The van der Waals surface area contributed by atoms with E-state index in [4.69, 9.17) is 10.5 Å². The molecule has 1 aromatic rings. The molecular weight excluding hydrogens is 202 g/mol. The van der Waals surface area contributed by atoms with Crippen LogP contribution in [-0.4, -0.2) is 48.8 Å². The van der Waals surface area contributed by atoms with Gasteiger partial charge in [-0.1, -0.05) is 6.07 Å². The summed E-state index contributed by atoms with van der Waals surface area (Å²) in [5.41, 5.74) is 6.87. The normalized spacial score (nSPS) is 22.2. The molecule has 1 saturated heterocycles. The molecule has 0 aromatic carbocycles. The lowest BCUT2D eigenvalue weighted by Gasteiger charge is -2.34. The lowest BCUT2D eigenvalue weighted by atomic mass is 10.2. The van der Waals surface area contributed by atoms with E-state index in [1.807, 2.05) is 18.3 Å². The van der Waals surface area contributed by atoms with Crippen molar-refractivity contribution in [2.24, 2.45) is 5.73 Å². The minimum atomic E-state index is 0.373. The molecule has 88 valence electrons. The van der Waals surface area contributed by atoms with Crippen molar-refractivity contribution >= 4 is 0 Å². The number of hydrogen-bond acceptors (Lipinski definition) is 4. The van der Waals surface area contributed by atoms with Crippen molar-refractivity contribution in [3.05, 3.63) is 30.1 Å². The highest BCUT2D eigenvalue weighted by molar-refractivity contribution is 5.03. The maximum absolute atomic E-state index is 5.73. The number of ether oxygens (including phenoxy) is 1. The van der Waals surface area contributed by atoms with Crippen LogP contribution in [-0.2, 0) is 11.2 Å². The minimum Gasteiger partial charge on any atom is -0.378 e. The molecule has 0 aliphatic carbocycles. The molecule has 2 N–H and O–H groups in total. The van der Waals surface area contributed by atoms with Gasteiger partial charge >= 0.3 is 0 Å². The molecule has 0 spiro atoms. The molecule has 4 nitrogen and oxygen atoms in total. The lowest BCUT2D eigenvalue weighted by Crippen LogP contribution is -2.49. The summed E-state index contributed by atoms with van der Waals surface area (Å²) in [5.74, 6) is 0. The molecule has 0 saturated carbocycles. The third-order valence-corrected chi connectivity index (χ3v) is 3.00. The molecule has 0 radical (unpaired) electrons. The van der Waals surface area contributed by atoms with Crippen LogP contribution in [0.4, 0.5) is 0 Å². The monoisotopic (exact) mass is 221 g/mol. The van der Waals surface area contributed by atoms with Gasteiger partial charge in [0.25, 0.3) is 0 Å². The summed E-state index contributed by atoms with van der Waals surface area (Å²) in [6.07, 6.45) is 2.83. The third-order valence-electron chi connectivity index (χ3n) is 3.00. The van der Waals surface area contributed by atoms with Crippen molar-refractivity contribution in [1.82, 2.24) is 9.88 Å². The molecule has 4 heteroatoms. The van der Waals surface area contributed by atoms with Crippen molar-refractivity contribution in [3.63, 3.8) is 0 Å². The Morgan fingerprint density at radius 2 is 2.44 bits per heavy atom. The quantitative estimate of drug-likeness (QED) is 0.793. The van der Waals surface area contributed by atoms with Gasteiger partial charge in [0.05, 0.1) is 13.2 Å². The average molecular weight is 221 g/mol. The van der Waals surface area contributed by atoms with Gasteiger partial charge in [0.2, 0.25) is 0 Å². The van der Waals surface area contributed by atoms with Crippen LogP contribution in [0.2, 0.25) is 0 Å². The average Bonchev–Trinajstić information content (AvgIpc) is 2.38. The van der Waals surface area contributed by atoms with E-state index in [-0.39, 0.29) is 0 Å². The summed E-state index contributed by atoms with van der Waals surface area (Å²) in [6, 6.07) is 6.42. The molecule has 1 aliphatic heterocycles. The van der Waals surface area contributed by atoms with Crippen molar-refractivity contribution in [3.8, 4) is 0 Å². The summed E-state index contributed by atoms with van der Waals surface area (Å²) >= 11 is 0. The van der Waals surface area contributed by atoms with Crippen LogP contribution in [0.25, 0.3) is 0 Å². The van der Waals surface area contributed by atoms with Crippen LogP contribution in [0.15, 0.2) is 24.4 Å². The number of morpholine rings is 1.